The van der Waals surface area contributed by atoms with Gasteiger partial charge < -0.3 is 10.2 Å². The molecule has 0 heterocycles. The van der Waals surface area contributed by atoms with Crippen molar-refractivity contribution in [1.82, 2.24) is 0 Å². The molecular weight excluding hydrogens is 335 g/mol. The molecule has 0 aliphatic rings. The Morgan fingerprint density at radius 2 is 1.72 bits per heavy atom. The van der Waals surface area contributed by atoms with E-state index in [-0.39, 0.29) is 11.7 Å². The Hall–Kier alpha value is -1.85. The molecule has 0 fully saturated rings. The molecule has 0 saturated heterocycles. The predicted molar refractivity (Wildman–Crippen MR) is 103 cm³/mol. The summed E-state index contributed by atoms with van der Waals surface area (Å²) >= 11 is 1.68. The van der Waals surface area contributed by atoms with Crippen molar-refractivity contribution in [2.75, 3.05) is 31.2 Å². The number of anilines is 1. The highest BCUT2D eigenvalue weighted by molar-refractivity contribution is 7.99. The number of thioether (sulfide) groups is 1. The molecule has 2 aromatic carbocycles. The van der Waals surface area contributed by atoms with Crippen LogP contribution in [0.5, 0.6) is 0 Å². The largest absolute Gasteiger partial charge is 0.329 e. The smallest absolute Gasteiger partial charge is 0.279 e. The Bertz CT molecular complexity index is 708. The Morgan fingerprint density at radius 1 is 1.12 bits per heavy atom. The molecule has 2 aromatic rings. The van der Waals surface area contributed by atoms with E-state index in [2.05, 4.69) is 24.4 Å². The average molecular weight is 362 g/mol. The maximum absolute atomic E-state index is 12.9. The van der Waals surface area contributed by atoms with Crippen LogP contribution in [0.2, 0.25) is 0 Å². The Morgan fingerprint density at radius 3 is 2.32 bits per heavy atom. The molecule has 0 bridgehead atoms. The van der Waals surface area contributed by atoms with Crippen LogP contribution >= 0.6 is 11.8 Å². The van der Waals surface area contributed by atoms with Gasteiger partial charge in [-0.25, -0.2) is 4.39 Å². The summed E-state index contributed by atoms with van der Waals surface area (Å²) in [5, 5.41) is 3.04. The van der Waals surface area contributed by atoms with Gasteiger partial charge in [-0.2, -0.15) is 0 Å². The lowest BCUT2D eigenvalue weighted by molar-refractivity contribution is -0.868. The summed E-state index contributed by atoms with van der Waals surface area (Å²) in [7, 11) is 2.01. The van der Waals surface area contributed by atoms with E-state index in [1.54, 1.807) is 23.9 Å². The van der Waals surface area contributed by atoms with Gasteiger partial charge in [0.2, 0.25) is 0 Å². The molecule has 1 atom stereocenters. The van der Waals surface area contributed by atoms with Crippen molar-refractivity contribution in [2.24, 2.45) is 0 Å². The second kappa shape index (κ2) is 9.02. The summed E-state index contributed by atoms with van der Waals surface area (Å²) in [6, 6.07) is 10.7. The minimum atomic E-state index is -0.217. The van der Waals surface area contributed by atoms with Crippen molar-refractivity contribution < 1.29 is 14.1 Å². The number of rotatable bonds is 7. The molecule has 2 rings (SSSR count). The van der Waals surface area contributed by atoms with E-state index in [0.717, 1.165) is 38.9 Å². The number of amides is 1. The first kappa shape index (κ1) is 19.5. The van der Waals surface area contributed by atoms with Crippen LogP contribution < -0.4 is 10.2 Å². The van der Waals surface area contributed by atoms with Crippen LogP contribution in [0.15, 0.2) is 41.3 Å². The summed E-state index contributed by atoms with van der Waals surface area (Å²) < 4.78 is 12.9. The molecule has 0 radical (unpaired) electrons. The summed E-state index contributed by atoms with van der Waals surface area (Å²) in [6.07, 6.45) is 0. The standard InChI is InChI=1S/C20H25FN2OS/c1-14-11-15(2)20(16(3)12-14)22-19(24)13-23(4)9-10-25-18-7-5-17(21)6-8-18/h5-8,11-12H,9-10,13H2,1-4H3,(H,22,24)/p+1. The number of quaternary nitrogens is 1. The fraction of sp³-hybridized carbons (Fsp3) is 0.350. The first-order valence-corrected chi connectivity index (χ1v) is 9.41. The third-order valence-corrected chi connectivity index (χ3v) is 5.03. The molecule has 25 heavy (non-hydrogen) atoms. The topological polar surface area (TPSA) is 33.5 Å². The van der Waals surface area contributed by atoms with Gasteiger partial charge in [0.15, 0.2) is 6.54 Å². The van der Waals surface area contributed by atoms with E-state index < -0.39 is 0 Å². The number of halogens is 1. The van der Waals surface area contributed by atoms with Gasteiger partial charge in [0, 0.05) is 16.3 Å². The summed E-state index contributed by atoms with van der Waals surface area (Å²) in [6.45, 7) is 7.39. The molecule has 0 spiro atoms. The van der Waals surface area contributed by atoms with Gasteiger partial charge in [0.05, 0.1) is 13.6 Å². The van der Waals surface area contributed by atoms with Crippen LogP contribution in [-0.4, -0.2) is 31.8 Å². The van der Waals surface area contributed by atoms with Crippen molar-refractivity contribution in [2.45, 2.75) is 25.7 Å². The number of carbonyl (C=O) groups excluding carboxylic acids is 1. The molecular formula is C20H26FN2OS+. The van der Waals surface area contributed by atoms with Gasteiger partial charge in [-0.3, -0.25) is 4.79 Å². The minimum absolute atomic E-state index is 0.0272. The van der Waals surface area contributed by atoms with E-state index >= 15 is 0 Å². The number of aryl methyl sites for hydroxylation is 3. The number of hydrogen-bond donors (Lipinski definition) is 2. The zero-order valence-electron chi connectivity index (χ0n) is 15.3. The van der Waals surface area contributed by atoms with Crippen LogP contribution in [0.4, 0.5) is 10.1 Å². The molecule has 0 aromatic heterocycles. The van der Waals surface area contributed by atoms with E-state index in [1.807, 2.05) is 20.9 Å². The molecule has 0 saturated carbocycles. The maximum atomic E-state index is 12.9. The molecule has 3 nitrogen and oxygen atoms in total. The molecule has 1 amide bonds. The van der Waals surface area contributed by atoms with Gasteiger partial charge in [0.25, 0.3) is 5.91 Å². The molecule has 0 aliphatic carbocycles. The highest BCUT2D eigenvalue weighted by atomic mass is 32.2. The quantitative estimate of drug-likeness (QED) is 0.744. The van der Waals surface area contributed by atoms with E-state index in [1.165, 1.54) is 17.7 Å². The zero-order valence-corrected chi connectivity index (χ0v) is 16.1. The Kier molecular flexibility index (Phi) is 7.02. The van der Waals surface area contributed by atoms with Crippen molar-refractivity contribution >= 4 is 23.4 Å². The number of carbonyl (C=O) groups is 1. The van der Waals surface area contributed by atoms with E-state index in [0.29, 0.717) is 6.54 Å². The van der Waals surface area contributed by atoms with Crippen LogP contribution in [-0.2, 0) is 4.79 Å². The van der Waals surface area contributed by atoms with Gasteiger partial charge in [-0.15, -0.1) is 11.8 Å². The Balaban J connectivity index is 1.79. The van der Waals surface area contributed by atoms with Crippen LogP contribution in [0.3, 0.4) is 0 Å². The van der Waals surface area contributed by atoms with Gasteiger partial charge in [-0.05, 0) is 56.2 Å². The maximum Gasteiger partial charge on any atom is 0.279 e. The second-order valence-corrected chi connectivity index (χ2v) is 7.68. The summed E-state index contributed by atoms with van der Waals surface area (Å²) in [4.78, 5) is 14.5. The fourth-order valence-electron chi connectivity index (χ4n) is 2.80. The molecule has 1 unspecified atom stereocenters. The minimum Gasteiger partial charge on any atom is -0.329 e. The lowest BCUT2D eigenvalue weighted by atomic mass is 10.1. The Labute approximate surface area is 153 Å². The van der Waals surface area contributed by atoms with Gasteiger partial charge in [0.1, 0.15) is 5.82 Å². The first-order chi connectivity index (χ1) is 11.8. The molecule has 0 aliphatic heterocycles. The normalized spacial score (nSPS) is 12.0. The highest BCUT2D eigenvalue weighted by Gasteiger charge is 2.13. The zero-order chi connectivity index (χ0) is 18.4. The van der Waals surface area contributed by atoms with Crippen LogP contribution in [0, 0.1) is 26.6 Å². The predicted octanol–water partition coefficient (Wildman–Crippen LogP) is 3.00. The van der Waals surface area contributed by atoms with Gasteiger partial charge >= 0.3 is 0 Å². The third-order valence-electron chi connectivity index (χ3n) is 4.01. The second-order valence-electron chi connectivity index (χ2n) is 6.51. The number of likely N-dealkylation sites (N-methyl/N-ethyl adjacent to an activating group) is 1. The lowest BCUT2D eigenvalue weighted by Crippen LogP contribution is -3.10. The fourth-order valence-corrected chi connectivity index (χ4v) is 3.81. The van der Waals surface area contributed by atoms with Crippen molar-refractivity contribution in [3.63, 3.8) is 0 Å². The average Bonchev–Trinajstić information content (AvgIpc) is 2.52. The van der Waals surface area contributed by atoms with Crippen LogP contribution in [0.25, 0.3) is 0 Å². The van der Waals surface area contributed by atoms with E-state index in [4.69, 9.17) is 0 Å². The SMILES string of the molecule is Cc1cc(C)c(NC(=O)C[NH+](C)CCSc2ccc(F)cc2)c(C)c1. The lowest BCUT2D eigenvalue weighted by Gasteiger charge is -2.16. The molecule has 134 valence electrons. The van der Waals surface area contributed by atoms with Crippen molar-refractivity contribution in [3.05, 3.63) is 58.9 Å². The van der Waals surface area contributed by atoms with Crippen LogP contribution in [0.1, 0.15) is 16.7 Å². The number of nitrogens with one attached hydrogen (secondary N) is 2. The number of hydrogen-bond acceptors (Lipinski definition) is 2. The molecule has 2 N–H and O–H groups in total. The third kappa shape index (κ3) is 6.18. The van der Waals surface area contributed by atoms with E-state index in [9.17, 15) is 9.18 Å². The van der Waals surface area contributed by atoms with Crippen molar-refractivity contribution in [3.8, 4) is 0 Å². The highest BCUT2D eigenvalue weighted by Crippen LogP contribution is 2.21. The van der Waals surface area contributed by atoms with Crippen molar-refractivity contribution in [1.29, 1.82) is 0 Å². The number of benzene rings is 2. The summed E-state index contributed by atoms with van der Waals surface area (Å²) in [5.74, 6) is 0.692. The monoisotopic (exact) mass is 361 g/mol. The molecule has 5 heteroatoms. The first-order valence-electron chi connectivity index (χ1n) is 8.42. The summed E-state index contributed by atoms with van der Waals surface area (Å²) in [5.41, 5.74) is 4.31. The van der Waals surface area contributed by atoms with Gasteiger partial charge in [-0.1, -0.05) is 17.7 Å².